The zero-order chi connectivity index (χ0) is 13.7. The molecular formula is C15H13FN2S. The van der Waals surface area contributed by atoms with E-state index in [2.05, 4.69) is 5.32 Å². The van der Waals surface area contributed by atoms with Crippen molar-refractivity contribution in [2.75, 3.05) is 11.6 Å². The predicted octanol–water partition coefficient (Wildman–Crippen LogP) is 4.03. The van der Waals surface area contributed by atoms with E-state index in [1.165, 1.54) is 6.07 Å². The van der Waals surface area contributed by atoms with Crippen LogP contribution in [-0.4, -0.2) is 6.26 Å². The van der Waals surface area contributed by atoms with Gasteiger partial charge in [-0.25, -0.2) is 4.39 Å². The van der Waals surface area contributed by atoms with Crippen LogP contribution in [0.15, 0.2) is 47.4 Å². The maximum absolute atomic E-state index is 13.9. The van der Waals surface area contributed by atoms with Crippen LogP contribution in [0.1, 0.15) is 11.1 Å². The van der Waals surface area contributed by atoms with E-state index >= 15 is 0 Å². The van der Waals surface area contributed by atoms with Crippen LogP contribution in [0.25, 0.3) is 0 Å². The van der Waals surface area contributed by atoms with E-state index in [4.69, 9.17) is 5.26 Å². The number of nitriles is 1. The van der Waals surface area contributed by atoms with E-state index in [1.54, 1.807) is 23.9 Å². The Morgan fingerprint density at radius 1 is 1.26 bits per heavy atom. The molecule has 0 bridgehead atoms. The van der Waals surface area contributed by atoms with E-state index in [-0.39, 0.29) is 5.56 Å². The van der Waals surface area contributed by atoms with Crippen LogP contribution in [0.5, 0.6) is 0 Å². The van der Waals surface area contributed by atoms with Crippen LogP contribution in [-0.2, 0) is 6.54 Å². The lowest BCUT2D eigenvalue weighted by Gasteiger charge is -2.09. The summed E-state index contributed by atoms with van der Waals surface area (Å²) in [4.78, 5) is 1.15. The number of thioether (sulfide) groups is 1. The van der Waals surface area contributed by atoms with Gasteiger partial charge >= 0.3 is 0 Å². The standard InChI is InChI=1S/C15H13FN2S/c1-19-14-7-3-6-13(8-14)18-10-12-5-2-4-11(9-17)15(12)16/h2-8,18H,10H2,1H3. The Hall–Kier alpha value is -1.99. The largest absolute Gasteiger partial charge is 0.381 e. The summed E-state index contributed by atoms with van der Waals surface area (Å²) in [6, 6.07) is 14.6. The van der Waals surface area contributed by atoms with Crippen molar-refractivity contribution in [2.24, 2.45) is 0 Å². The second-order valence-corrected chi connectivity index (χ2v) is 4.86. The lowest BCUT2D eigenvalue weighted by molar-refractivity contribution is 0.609. The monoisotopic (exact) mass is 272 g/mol. The van der Waals surface area contributed by atoms with Gasteiger partial charge in [-0.1, -0.05) is 18.2 Å². The van der Waals surface area contributed by atoms with Gasteiger partial charge in [0.2, 0.25) is 0 Å². The number of hydrogen-bond acceptors (Lipinski definition) is 3. The molecule has 0 fully saturated rings. The Bertz CT molecular complexity index is 620. The van der Waals surface area contributed by atoms with Gasteiger partial charge in [-0.2, -0.15) is 5.26 Å². The van der Waals surface area contributed by atoms with Gasteiger partial charge in [0.1, 0.15) is 11.9 Å². The first-order valence-corrected chi connectivity index (χ1v) is 7.02. The van der Waals surface area contributed by atoms with Gasteiger partial charge in [-0.3, -0.25) is 0 Å². The summed E-state index contributed by atoms with van der Waals surface area (Å²) in [7, 11) is 0. The molecule has 0 aliphatic heterocycles. The Labute approximate surface area is 116 Å². The first-order valence-electron chi connectivity index (χ1n) is 5.80. The molecule has 0 aliphatic rings. The number of hydrogen-bond donors (Lipinski definition) is 1. The Morgan fingerprint density at radius 3 is 2.79 bits per heavy atom. The van der Waals surface area contributed by atoms with Crippen LogP contribution in [0.4, 0.5) is 10.1 Å². The van der Waals surface area contributed by atoms with Gasteiger partial charge in [0.05, 0.1) is 5.56 Å². The summed E-state index contributed by atoms with van der Waals surface area (Å²) in [6.45, 7) is 0.360. The SMILES string of the molecule is CSc1cccc(NCc2cccc(C#N)c2F)c1. The van der Waals surface area contributed by atoms with Crippen molar-refractivity contribution in [3.63, 3.8) is 0 Å². The van der Waals surface area contributed by atoms with Gasteiger partial charge in [0, 0.05) is 22.7 Å². The summed E-state index contributed by atoms with van der Waals surface area (Å²) in [5.41, 5.74) is 1.51. The summed E-state index contributed by atoms with van der Waals surface area (Å²) in [5, 5.41) is 11.9. The van der Waals surface area contributed by atoms with Crippen molar-refractivity contribution >= 4 is 17.4 Å². The fourth-order valence-corrected chi connectivity index (χ4v) is 2.19. The minimum atomic E-state index is -0.446. The highest BCUT2D eigenvalue weighted by Crippen LogP contribution is 2.20. The normalized spacial score (nSPS) is 9.95. The van der Waals surface area contributed by atoms with Gasteiger partial charge in [0.15, 0.2) is 0 Å². The second kappa shape index (κ2) is 6.26. The topological polar surface area (TPSA) is 35.8 Å². The fraction of sp³-hybridized carbons (Fsp3) is 0.133. The van der Waals surface area contributed by atoms with Crippen molar-refractivity contribution in [2.45, 2.75) is 11.4 Å². The minimum absolute atomic E-state index is 0.0807. The molecule has 0 atom stereocenters. The average molecular weight is 272 g/mol. The molecule has 4 heteroatoms. The fourth-order valence-electron chi connectivity index (χ4n) is 1.73. The van der Waals surface area contributed by atoms with Crippen molar-refractivity contribution < 1.29 is 4.39 Å². The quantitative estimate of drug-likeness (QED) is 0.853. The molecule has 0 amide bonds. The molecule has 2 aromatic rings. The van der Waals surface area contributed by atoms with E-state index in [0.717, 1.165) is 10.6 Å². The van der Waals surface area contributed by atoms with Crippen molar-refractivity contribution in [1.82, 2.24) is 0 Å². The van der Waals surface area contributed by atoms with Gasteiger partial charge in [0.25, 0.3) is 0 Å². The molecule has 0 aliphatic carbocycles. The molecule has 0 saturated heterocycles. The lowest BCUT2D eigenvalue weighted by Crippen LogP contribution is -2.03. The summed E-state index contributed by atoms with van der Waals surface area (Å²) in [5.74, 6) is -0.446. The molecule has 19 heavy (non-hydrogen) atoms. The highest BCUT2D eigenvalue weighted by Gasteiger charge is 2.07. The third-order valence-corrected chi connectivity index (χ3v) is 3.48. The Morgan fingerprint density at radius 2 is 2.05 bits per heavy atom. The van der Waals surface area contributed by atoms with E-state index < -0.39 is 5.82 Å². The van der Waals surface area contributed by atoms with Crippen molar-refractivity contribution in [1.29, 1.82) is 5.26 Å². The summed E-state index contributed by atoms with van der Waals surface area (Å²) < 4.78 is 13.9. The second-order valence-electron chi connectivity index (χ2n) is 3.98. The highest BCUT2D eigenvalue weighted by atomic mass is 32.2. The van der Waals surface area contributed by atoms with Crippen molar-refractivity contribution in [3.8, 4) is 6.07 Å². The number of nitrogens with one attached hydrogen (secondary N) is 1. The van der Waals surface area contributed by atoms with E-state index in [0.29, 0.717) is 12.1 Å². The molecular weight excluding hydrogens is 259 g/mol. The molecule has 0 aromatic heterocycles. The zero-order valence-electron chi connectivity index (χ0n) is 10.5. The smallest absolute Gasteiger partial charge is 0.145 e. The van der Waals surface area contributed by atoms with Crippen LogP contribution in [0.2, 0.25) is 0 Å². The molecule has 96 valence electrons. The number of benzene rings is 2. The van der Waals surface area contributed by atoms with Gasteiger partial charge < -0.3 is 5.32 Å². The molecule has 0 radical (unpaired) electrons. The maximum atomic E-state index is 13.9. The average Bonchev–Trinajstić information content (AvgIpc) is 2.46. The van der Waals surface area contributed by atoms with Gasteiger partial charge in [-0.15, -0.1) is 11.8 Å². The number of nitrogens with zero attached hydrogens (tertiary/aromatic N) is 1. The molecule has 0 saturated carbocycles. The van der Waals surface area contributed by atoms with Crippen molar-refractivity contribution in [3.05, 3.63) is 59.4 Å². The molecule has 0 unspecified atom stereocenters. The van der Waals surface area contributed by atoms with Crippen LogP contribution in [0, 0.1) is 17.1 Å². The maximum Gasteiger partial charge on any atom is 0.145 e. The molecule has 2 aromatic carbocycles. The van der Waals surface area contributed by atoms with Gasteiger partial charge in [-0.05, 0) is 30.5 Å². The number of anilines is 1. The van der Waals surface area contributed by atoms with E-state index in [9.17, 15) is 4.39 Å². The third kappa shape index (κ3) is 3.27. The Kier molecular flexibility index (Phi) is 4.43. The van der Waals surface area contributed by atoms with Crippen LogP contribution in [0.3, 0.4) is 0 Å². The molecule has 2 nitrogen and oxygen atoms in total. The summed E-state index contributed by atoms with van der Waals surface area (Å²) >= 11 is 1.66. The first-order chi connectivity index (χ1) is 9.24. The molecule has 2 rings (SSSR count). The molecule has 0 heterocycles. The molecule has 1 N–H and O–H groups in total. The Balaban J connectivity index is 2.12. The highest BCUT2D eigenvalue weighted by molar-refractivity contribution is 7.98. The van der Waals surface area contributed by atoms with E-state index in [1.807, 2.05) is 36.6 Å². The first kappa shape index (κ1) is 13.4. The lowest BCUT2D eigenvalue weighted by atomic mass is 10.1. The van der Waals surface area contributed by atoms with Crippen LogP contribution < -0.4 is 5.32 Å². The number of rotatable bonds is 4. The minimum Gasteiger partial charge on any atom is -0.381 e. The molecule has 0 spiro atoms. The third-order valence-electron chi connectivity index (χ3n) is 2.75. The predicted molar refractivity (Wildman–Crippen MR) is 76.7 cm³/mol. The number of halogens is 1. The zero-order valence-corrected chi connectivity index (χ0v) is 11.3. The van der Waals surface area contributed by atoms with Crippen LogP contribution >= 0.6 is 11.8 Å². The summed E-state index contributed by atoms with van der Waals surface area (Å²) in [6.07, 6.45) is 2.01.